The molecular formula is C24H27ClN4O3. The van der Waals surface area contributed by atoms with E-state index in [0.717, 1.165) is 32.7 Å². The Morgan fingerprint density at radius 3 is 2.56 bits per heavy atom. The average molecular weight is 455 g/mol. The van der Waals surface area contributed by atoms with Crippen molar-refractivity contribution in [2.45, 2.75) is 19.5 Å². The Morgan fingerprint density at radius 1 is 1.12 bits per heavy atom. The van der Waals surface area contributed by atoms with Gasteiger partial charge < -0.3 is 9.64 Å². The zero-order valence-electron chi connectivity index (χ0n) is 18.0. The Bertz CT molecular complexity index is 990. The molecule has 1 amide bonds. The molecule has 1 fully saturated rings. The summed E-state index contributed by atoms with van der Waals surface area (Å²) in [4.78, 5) is 34.8. The fraction of sp³-hybridized carbons (Fsp3) is 0.375. The summed E-state index contributed by atoms with van der Waals surface area (Å²) >= 11 is 6.18. The van der Waals surface area contributed by atoms with Crippen LogP contribution in [0.4, 0.5) is 0 Å². The van der Waals surface area contributed by atoms with E-state index >= 15 is 0 Å². The smallest absolute Gasteiger partial charge is 0.321 e. The van der Waals surface area contributed by atoms with Crippen molar-refractivity contribution in [3.05, 3.63) is 70.7 Å². The van der Waals surface area contributed by atoms with E-state index < -0.39 is 23.8 Å². The van der Waals surface area contributed by atoms with Gasteiger partial charge in [-0.05, 0) is 30.2 Å². The monoisotopic (exact) mass is 454 g/mol. The SMILES string of the molecule is CCOC(=O)[C@@H]1C(=O)NC(N2CCN(Cc3ccccc3)CC2)=N[C@@H]1c1cccc(Cl)c1. The third kappa shape index (κ3) is 5.11. The van der Waals surface area contributed by atoms with Gasteiger partial charge in [0.25, 0.3) is 0 Å². The first kappa shape index (κ1) is 22.3. The molecule has 2 aliphatic heterocycles. The van der Waals surface area contributed by atoms with Crippen LogP contribution in [0.2, 0.25) is 5.02 Å². The second kappa shape index (κ2) is 10.1. The number of hydrogen-bond acceptors (Lipinski definition) is 6. The Kier molecular flexibility index (Phi) is 7.07. The number of guanidine groups is 1. The molecule has 2 aromatic rings. The maximum absolute atomic E-state index is 13.0. The van der Waals surface area contributed by atoms with E-state index in [1.165, 1.54) is 5.56 Å². The molecule has 0 unspecified atom stereocenters. The van der Waals surface area contributed by atoms with E-state index in [1.807, 2.05) is 24.3 Å². The van der Waals surface area contributed by atoms with Crippen LogP contribution in [0.5, 0.6) is 0 Å². The summed E-state index contributed by atoms with van der Waals surface area (Å²) in [5.41, 5.74) is 1.99. The van der Waals surface area contributed by atoms with Crippen LogP contribution in [0.3, 0.4) is 0 Å². The Morgan fingerprint density at radius 2 is 1.88 bits per heavy atom. The largest absolute Gasteiger partial charge is 0.465 e. The molecule has 0 aliphatic carbocycles. The zero-order chi connectivity index (χ0) is 22.5. The molecule has 0 bridgehead atoms. The van der Waals surface area contributed by atoms with Crippen molar-refractivity contribution in [2.24, 2.45) is 10.9 Å². The van der Waals surface area contributed by atoms with Crippen molar-refractivity contribution in [3.63, 3.8) is 0 Å². The molecule has 32 heavy (non-hydrogen) atoms. The molecule has 8 heteroatoms. The standard InChI is InChI=1S/C24H27ClN4O3/c1-2-32-23(31)20-21(18-9-6-10-19(25)15-18)26-24(27-22(20)30)29-13-11-28(12-14-29)16-17-7-4-3-5-8-17/h3-10,15,20-21H,2,11-14,16H2,1H3,(H,26,27,30)/t20-,21+/m0/s1. The van der Waals surface area contributed by atoms with Gasteiger partial charge in [0, 0.05) is 37.7 Å². The van der Waals surface area contributed by atoms with Crippen LogP contribution in [0.15, 0.2) is 59.6 Å². The van der Waals surface area contributed by atoms with Gasteiger partial charge in [0.05, 0.1) is 6.61 Å². The molecule has 2 atom stereocenters. The Labute approximate surface area is 193 Å². The summed E-state index contributed by atoms with van der Waals surface area (Å²) < 4.78 is 5.16. The average Bonchev–Trinajstić information content (AvgIpc) is 2.80. The van der Waals surface area contributed by atoms with Gasteiger partial charge in [-0.25, -0.2) is 4.99 Å². The Hall–Kier alpha value is -2.90. The summed E-state index contributed by atoms with van der Waals surface area (Å²) in [6.07, 6.45) is 0. The molecule has 0 aromatic heterocycles. The van der Waals surface area contributed by atoms with Gasteiger partial charge in [-0.2, -0.15) is 0 Å². The van der Waals surface area contributed by atoms with E-state index in [2.05, 4.69) is 27.2 Å². The highest BCUT2D eigenvalue weighted by Gasteiger charge is 2.42. The lowest BCUT2D eigenvalue weighted by Crippen LogP contribution is -2.57. The summed E-state index contributed by atoms with van der Waals surface area (Å²) in [7, 11) is 0. The van der Waals surface area contributed by atoms with Gasteiger partial charge in [-0.3, -0.25) is 19.8 Å². The van der Waals surface area contributed by atoms with Gasteiger partial charge in [-0.15, -0.1) is 0 Å². The first-order valence-electron chi connectivity index (χ1n) is 10.9. The predicted octanol–water partition coefficient (Wildman–Crippen LogP) is 2.86. The summed E-state index contributed by atoms with van der Waals surface area (Å²) in [5.74, 6) is -1.52. The quantitative estimate of drug-likeness (QED) is 0.555. The van der Waals surface area contributed by atoms with Crippen molar-refractivity contribution in [3.8, 4) is 0 Å². The molecule has 2 aliphatic rings. The first-order chi connectivity index (χ1) is 15.5. The fourth-order valence-electron chi connectivity index (χ4n) is 4.12. The molecule has 1 N–H and O–H groups in total. The minimum absolute atomic E-state index is 0.199. The molecule has 2 heterocycles. The van der Waals surface area contributed by atoms with Crippen molar-refractivity contribution in [1.82, 2.24) is 15.1 Å². The minimum atomic E-state index is -1.04. The molecule has 0 spiro atoms. The second-order valence-electron chi connectivity index (χ2n) is 7.92. The van der Waals surface area contributed by atoms with Crippen LogP contribution in [0, 0.1) is 5.92 Å². The van der Waals surface area contributed by atoms with Crippen molar-refractivity contribution in [2.75, 3.05) is 32.8 Å². The van der Waals surface area contributed by atoms with E-state index in [0.29, 0.717) is 16.5 Å². The first-order valence-corrected chi connectivity index (χ1v) is 11.2. The molecule has 2 aromatic carbocycles. The summed E-state index contributed by atoms with van der Waals surface area (Å²) in [6.45, 7) is 5.99. The highest BCUT2D eigenvalue weighted by atomic mass is 35.5. The number of carbonyl (C=O) groups excluding carboxylic acids is 2. The van der Waals surface area contributed by atoms with E-state index in [-0.39, 0.29) is 6.61 Å². The number of carbonyl (C=O) groups is 2. The van der Waals surface area contributed by atoms with Crippen LogP contribution < -0.4 is 5.32 Å². The van der Waals surface area contributed by atoms with Crippen molar-refractivity contribution in [1.29, 1.82) is 0 Å². The molecular weight excluding hydrogens is 428 g/mol. The van der Waals surface area contributed by atoms with Crippen molar-refractivity contribution >= 4 is 29.4 Å². The van der Waals surface area contributed by atoms with Gasteiger partial charge >= 0.3 is 5.97 Å². The lowest BCUT2D eigenvalue weighted by atomic mass is 9.91. The topological polar surface area (TPSA) is 74.2 Å². The maximum atomic E-state index is 13.0. The van der Waals surface area contributed by atoms with Gasteiger partial charge in [-0.1, -0.05) is 54.1 Å². The van der Waals surface area contributed by atoms with Gasteiger partial charge in [0.1, 0.15) is 6.04 Å². The zero-order valence-corrected chi connectivity index (χ0v) is 18.8. The number of hydrogen-bond donors (Lipinski definition) is 1. The van der Waals surface area contributed by atoms with Crippen LogP contribution in [-0.4, -0.2) is 60.4 Å². The molecule has 168 valence electrons. The number of nitrogens with zero attached hydrogens (tertiary/aromatic N) is 3. The maximum Gasteiger partial charge on any atom is 0.321 e. The molecule has 7 nitrogen and oxygen atoms in total. The van der Waals surface area contributed by atoms with Gasteiger partial charge in [0.2, 0.25) is 11.9 Å². The van der Waals surface area contributed by atoms with E-state index in [4.69, 9.17) is 21.3 Å². The van der Waals surface area contributed by atoms with E-state index in [9.17, 15) is 9.59 Å². The number of nitrogens with one attached hydrogen (secondary N) is 1. The lowest BCUT2D eigenvalue weighted by Gasteiger charge is -2.39. The van der Waals surface area contributed by atoms with Crippen LogP contribution in [-0.2, 0) is 20.9 Å². The number of benzene rings is 2. The second-order valence-corrected chi connectivity index (χ2v) is 8.36. The predicted molar refractivity (Wildman–Crippen MR) is 123 cm³/mol. The number of amides is 1. The summed E-state index contributed by atoms with van der Waals surface area (Å²) in [5, 5.41) is 3.37. The highest BCUT2D eigenvalue weighted by Crippen LogP contribution is 2.32. The summed E-state index contributed by atoms with van der Waals surface area (Å²) in [6, 6.07) is 16.8. The number of piperazine rings is 1. The third-order valence-electron chi connectivity index (χ3n) is 5.75. The highest BCUT2D eigenvalue weighted by molar-refractivity contribution is 6.30. The third-order valence-corrected chi connectivity index (χ3v) is 5.98. The Balaban J connectivity index is 1.51. The normalized spacial score (nSPS) is 21.6. The van der Waals surface area contributed by atoms with Crippen molar-refractivity contribution < 1.29 is 14.3 Å². The van der Waals surface area contributed by atoms with Crippen LogP contribution >= 0.6 is 11.6 Å². The molecule has 0 saturated carbocycles. The number of ether oxygens (including phenoxy) is 1. The fourth-order valence-corrected chi connectivity index (χ4v) is 4.31. The van der Waals surface area contributed by atoms with Gasteiger partial charge in [0.15, 0.2) is 5.92 Å². The molecule has 4 rings (SSSR count). The van der Waals surface area contributed by atoms with Crippen LogP contribution in [0.25, 0.3) is 0 Å². The lowest BCUT2D eigenvalue weighted by molar-refractivity contribution is -0.153. The minimum Gasteiger partial charge on any atom is -0.465 e. The van der Waals surface area contributed by atoms with Crippen LogP contribution in [0.1, 0.15) is 24.1 Å². The molecule has 1 saturated heterocycles. The molecule has 0 radical (unpaired) electrons. The number of aliphatic imine (C=N–C) groups is 1. The number of rotatable bonds is 5. The number of esters is 1. The van der Waals surface area contributed by atoms with E-state index in [1.54, 1.807) is 25.1 Å². The number of halogens is 1.